The maximum absolute atomic E-state index is 13.0. The van der Waals surface area contributed by atoms with Crippen molar-refractivity contribution in [3.05, 3.63) is 0 Å². The van der Waals surface area contributed by atoms with E-state index in [1.54, 1.807) is 0 Å². The van der Waals surface area contributed by atoms with E-state index in [9.17, 15) is 9.59 Å². The van der Waals surface area contributed by atoms with E-state index in [1.807, 2.05) is 60.5 Å². The number of hydrogen-bond donors (Lipinski definition) is 2. The van der Waals surface area contributed by atoms with Gasteiger partial charge >= 0.3 is 0 Å². The molecule has 0 aliphatic heterocycles. The molecule has 2 atom stereocenters. The normalized spacial score (nSPS) is 13.9. The van der Waals surface area contributed by atoms with Gasteiger partial charge in [0.05, 0.1) is 51.7 Å². The molecule has 0 aliphatic carbocycles. The monoisotopic (exact) mass is 445 g/mol. The number of likely N-dealkylation sites (N-methyl/N-ethyl adjacent to an activating group) is 2. The molecule has 2 N–H and O–H groups in total. The molecule has 0 aromatic carbocycles. The number of nitrogens with zero attached hydrogens (tertiary/aromatic N) is 1. The molecule has 0 bridgehead atoms. The summed E-state index contributed by atoms with van der Waals surface area (Å²) < 4.78 is 16.5. The Hall–Kier alpha value is -1.06. The van der Waals surface area contributed by atoms with E-state index in [2.05, 4.69) is 10.6 Å². The zero-order chi connectivity index (χ0) is 23.8. The summed E-state index contributed by atoms with van der Waals surface area (Å²) in [6.45, 7) is 16.5. The van der Waals surface area contributed by atoms with Crippen molar-refractivity contribution in [1.29, 1.82) is 0 Å². The average molecular weight is 446 g/mol. The van der Waals surface area contributed by atoms with Crippen LogP contribution in [0.5, 0.6) is 0 Å². The van der Waals surface area contributed by atoms with Crippen molar-refractivity contribution in [2.24, 2.45) is 17.8 Å². The minimum Gasteiger partial charge on any atom is -0.378 e. The maximum Gasteiger partial charge on any atom is 0.238 e. The smallest absolute Gasteiger partial charge is 0.238 e. The Labute approximate surface area is 189 Å². The highest BCUT2D eigenvalue weighted by molar-refractivity contribution is 5.92. The quantitative estimate of drug-likeness (QED) is 0.292. The second kappa shape index (κ2) is 17.5. The standard InChI is InChI=1S/C23H47N3O5/c1-17(2)20(22(27)19(5)6)25-23(28)21(18(3)4)26(8)10-12-30-14-16-31-15-13-29-11-9-24-7/h17-21,24H,9-16H2,1-8H3,(H,25,28)/t20-,21-/m0/s1. The van der Waals surface area contributed by atoms with Gasteiger partial charge in [-0.3, -0.25) is 14.5 Å². The molecule has 8 heteroatoms. The first-order valence-corrected chi connectivity index (χ1v) is 11.6. The van der Waals surface area contributed by atoms with Gasteiger partial charge in [-0.05, 0) is 25.9 Å². The van der Waals surface area contributed by atoms with Crippen LogP contribution in [-0.4, -0.2) is 95.5 Å². The molecule has 0 aromatic heterocycles. The lowest BCUT2D eigenvalue weighted by Gasteiger charge is -2.32. The Bertz CT molecular complexity index is 486. The molecule has 8 nitrogen and oxygen atoms in total. The molecule has 0 heterocycles. The molecule has 0 fully saturated rings. The van der Waals surface area contributed by atoms with Gasteiger partial charge in [-0.15, -0.1) is 0 Å². The van der Waals surface area contributed by atoms with Gasteiger partial charge in [0.15, 0.2) is 5.78 Å². The number of nitrogens with one attached hydrogen (secondary N) is 2. The van der Waals surface area contributed by atoms with Crippen LogP contribution in [0.25, 0.3) is 0 Å². The molecular weight excluding hydrogens is 398 g/mol. The van der Waals surface area contributed by atoms with Crippen LogP contribution in [0.1, 0.15) is 41.5 Å². The Balaban J connectivity index is 4.33. The summed E-state index contributed by atoms with van der Waals surface area (Å²) in [5.74, 6) is 0.0155. The molecule has 0 aromatic rings. The van der Waals surface area contributed by atoms with Crippen LogP contribution >= 0.6 is 0 Å². The van der Waals surface area contributed by atoms with Crippen molar-refractivity contribution in [3.63, 3.8) is 0 Å². The molecule has 31 heavy (non-hydrogen) atoms. The van der Waals surface area contributed by atoms with Gasteiger partial charge in [0, 0.05) is 19.0 Å². The summed E-state index contributed by atoms with van der Waals surface area (Å²) in [5, 5.41) is 6.01. The number of amides is 1. The number of Topliss-reactive ketones (excluding diaryl/α,β-unsaturated/α-hetero) is 1. The summed E-state index contributed by atoms with van der Waals surface area (Å²) in [4.78, 5) is 27.5. The van der Waals surface area contributed by atoms with E-state index in [1.165, 1.54) is 0 Å². The molecule has 0 radical (unpaired) electrons. The highest BCUT2D eigenvalue weighted by Crippen LogP contribution is 2.13. The van der Waals surface area contributed by atoms with Gasteiger partial charge in [0.25, 0.3) is 0 Å². The van der Waals surface area contributed by atoms with E-state index in [0.717, 1.165) is 6.54 Å². The summed E-state index contributed by atoms with van der Waals surface area (Å²) >= 11 is 0. The van der Waals surface area contributed by atoms with Crippen molar-refractivity contribution in [2.45, 2.75) is 53.6 Å². The van der Waals surface area contributed by atoms with Crippen LogP contribution in [0.3, 0.4) is 0 Å². The largest absolute Gasteiger partial charge is 0.378 e. The van der Waals surface area contributed by atoms with Gasteiger partial charge in [0.1, 0.15) is 0 Å². The second-order valence-electron chi connectivity index (χ2n) is 8.90. The molecule has 0 rings (SSSR count). The van der Waals surface area contributed by atoms with Crippen molar-refractivity contribution in [2.75, 3.05) is 66.8 Å². The first-order valence-electron chi connectivity index (χ1n) is 11.6. The summed E-state index contributed by atoms with van der Waals surface area (Å²) in [5.41, 5.74) is 0. The van der Waals surface area contributed by atoms with E-state index >= 15 is 0 Å². The van der Waals surface area contributed by atoms with Crippen molar-refractivity contribution in [1.82, 2.24) is 15.5 Å². The van der Waals surface area contributed by atoms with Gasteiger partial charge < -0.3 is 24.8 Å². The number of carbonyl (C=O) groups excluding carboxylic acids is 2. The highest BCUT2D eigenvalue weighted by atomic mass is 16.5. The lowest BCUT2D eigenvalue weighted by atomic mass is 9.92. The van der Waals surface area contributed by atoms with Crippen molar-refractivity contribution < 1.29 is 23.8 Å². The zero-order valence-electron chi connectivity index (χ0n) is 21.0. The van der Waals surface area contributed by atoms with Crippen LogP contribution < -0.4 is 10.6 Å². The Kier molecular flexibility index (Phi) is 16.9. The number of carbonyl (C=O) groups is 2. The molecule has 0 spiro atoms. The predicted octanol–water partition coefficient (Wildman–Crippen LogP) is 1.58. The zero-order valence-corrected chi connectivity index (χ0v) is 21.0. The molecule has 0 aliphatic rings. The molecular formula is C23H47N3O5. The second-order valence-corrected chi connectivity index (χ2v) is 8.90. The number of rotatable bonds is 19. The SMILES string of the molecule is CNCCOCCOCCOCCN(C)[C@H](C(=O)N[C@H](C(=O)C(C)C)C(C)C)C(C)C. The minimum absolute atomic E-state index is 0.0500. The Morgan fingerprint density at radius 2 is 1.32 bits per heavy atom. The highest BCUT2D eigenvalue weighted by Gasteiger charge is 2.32. The third kappa shape index (κ3) is 13.2. The first-order chi connectivity index (χ1) is 14.6. The number of ketones is 1. The van der Waals surface area contributed by atoms with E-state index in [-0.39, 0.29) is 35.5 Å². The third-order valence-electron chi connectivity index (χ3n) is 5.04. The third-order valence-corrected chi connectivity index (χ3v) is 5.04. The van der Waals surface area contributed by atoms with Gasteiger partial charge in [-0.25, -0.2) is 0 Å². The fourth-order valence-electron chi connectivity index (χ4n) is 3.24. The van der Waals surface area contributed by atoms with Gasteiger partial charge in [-0.2, -0.15) is 0 Å². The van der Waals surface area contributed by atoms with Crippen LogP contribution in [0, 0.1) is 17.8 Å². The van der Waals surface area contributed by atoms with Gasteiger partial charge in [0.2, 0.25) is 5.91 Å². The number of hydrogen-bond acceptors (Lipinski definition) is 7. The van der Waals surface area contributed by atoms with Crippen LogP contribution in [0.2, 0.25) is 0 Å². The first kappa shape index (κ1) is 29.9. The molecule has 184 valence electrons. The summed E-state index contributed by atoms with van der Waals surface area (Å²) in [6, 6.07) is -0.784. The Morgan fingerprint density at radius 3 is 1.77 bits per heavy atom. The minimum atomic E-state index is -0.460. The van der Waals surface area contributed by atoms with Crippen LogP contribution in [0.15, 0.2) is 0 Å². The molecule has 0 saturated carbocycles. The van der Waals surface area contributed by atoms with E-state index in [4.69, 9.17) is 14.2 Å². The lowest BCUT2D eigenvalue weighted by molar-refractivity contribution is -0.134. The summed E-state index contributed by atoms with van der Waals surface area (Å²) in [7, 11) is 3.81. The Morgan fingerprint density at radius 1 is 0.806 bits per heavy atom. The topological polar surface area (TPSA) is 89.1 Å². The maximum atomic E-state index is 13.0. The van der Waals surface area contributed by atoms with Crippen molar-refractivity contribution in [3.8, 4) is 0 Å². The predicted molar refractivity (Wildman–Crippen MR) is 124 cm³/mol. The van der Waals surface area contributed by atoms with Crippen LogP contribution in [0.4, 0.5) is 0 Å². The summed E-state index contributed by atoms with van der Waals surface area (Å²) in [6.07, 6.45) is 0. The molecule has 0 unspecified atom stereocenters. The van der Waals surface area contributed by atoms with E-state index < -0.39 is 6.04 Å². The number of ether oxygens (including phenoxy) is 3. The fraction of sp³-hybridized carbons (Fsp3) is 0.913. The fourth-order valence-corrected chi connectivity index (χ4v) is 3.24. The molecule has 1 amide bonds. The van der Waals surface area contributed by atoms with Crippen LogP contribution in [-0.2, 0) is 23.8 Å². The molecule has 0 saturated heterocycles. The lowest BCUT2D eigenvalue weighted by Crippen LogP contribution is -2.55. The average Bonchev–Trinajstić information content (AvgIpc) is 2.69. The van der Waals surface area contributed by atoms with Crippen molar-refractivity contribution >= 4 is 11.7 Å². The van der Waals surface area contributed by atoms with E-state index in [0.29, 0.717) is 46.2 Å². The van der Waals surface area contributed by atoms with Gasteiger partial charge in [-0.1, -0.05) is 41.5 Å².